The summed E-state index contributed by atoms with van der Waals surface area (Å²) in [4.78, 5) is 27.4. The summed E-state index contributed by atoms with van der Waals surface area (Å²) in [6.45, 7) is 1.80. The fourth-order valence-electron chi connectivity index (χ4n) is 2.28. The van der Waals surface area contributed by atoms with Crippen molar-refractivity contribution < 1.29 is 19.1 Å². The molecule has 0 aromatic heterocycles. The zero-order chi connectivity index (χ0) is 15.2. The molecule has 1 aromatic carbocycles. The average Bonchev–Trinajstić information content (AvgIpc) is 2.52. The number of methoxy groups -OCH3 is 1. The molecule has 6 nitrogen and oxygen atoms in total. The van der Waals surface area contributed by atoms with Gasteiger partial charge in [-0.05, 0) is 12.6 Å². The number of hydrogen-bond donors (Lipinski definition) is 0. The van der Waals surface area contributed by atoms with Crippen LogP contribution in [0.2, 0.25) is 0 Å². The molecule has 114 valence electrons. The molecule has 6 heteroatoms. The first-order valence-corrected chi connectivity index (χ1v) is 6.85. The minimum absolute atomic E-state index is 0.194. The molecule has 1 unspecified atom stereocenters. The molecule has 1 fully saturated rings. The Balaban J connectivity index is 1.97. The summed E-state index contributed by atoms with van der Waals surface area (Å²) in [6.07, 6.45) is -0.484. The first kappa shape index (κ1) is 15.3. The van der Waals surface area contributed by atoms with E-state index < -0.39 is 18.1 Å². The Morgan fingerprint density at radius 2 is 1.95 bits per heavy atom. The van der Waals surface area contributed by atoms with Gasteiger partial charge in [-0.2, -0.15) is 0 Å². The Morgan fingerprint density at radius 1 is 1.24 bits per heavy atom. The van der Waals surface area contributed by atoms with Gasteiger partial charge in [0, 0.05) is 19.6 Å². The molecule has 1 aliphatic rings. The lowest BCUT2D eigenvalue weighted by molar-refractivity contribution is -0.148. The molecule has 21 heavy (non-hydrogen) atoms. The third-order valence-electron chi connectivity index (χ3n) is 3.50. The molecular formula is C15H20N2O4. The second-order valence-electron chi connectivity index (χ2n) is 5.03. The normalized spacial score (nSPS) is 19.1. The highest BCUT2D eigenvalue weighted by molar-refractivity contribution is 5.81. The number of likely N-dealkylation sites (N-methyl/N-ethyl adjacent to an activating group) is 1. The van der Waals surface area contributed by atoms with Crippen LogP contribution in [-0.4, -0.2) is 61.7 Å². The highest BCUT2D eigenvalue weighted by Gasteiger charge is 2.35. The van der Waals surface area contributed by atoms with Crippen molar-refractivity contribution in [3.05, 3.63) is 35.9 Å². The van der Waals surface area contributed by atoms with Crippen molar-refractivity contribution in [3.63, 3.8) is 0 Å². The molecular weight excluding hydrogens is 272 g/mol. The van der Waals surface area contributed by atoms with E-state index in [9.17, 15) is 9.59 Å². The summed E-state index contributed by atoms with van der Waals surface area (Å²) in [7, 11) is 3.23. The zero-order valence-corrected chi connectivity index (χ0v) is 12.3. The van der Waals surface area contributed by atoms with E-state index in [4.69, 9.17) is 9.47 Å². The van der Waals surface area contributed by atoms with E-state index in [-0.39, 0.29) is 6.61 Å². The van der Waals surface area contributed by atoms with Crippen molar-refractivity contribution in [2.45, 2.75) is 12.6 Å². The van der Waals surface area contributed by atoms with E-state index in [1.165, 1.54) is 12.0 Å². The average molecular weight is 292 g/mol. The Hall–Kier alpha value is -2.08. The lowest BCUT2D eigenvalue weighted by Gasteiger charge is -2.37. The van der Waals surface area contributed by atoms with Gasteiger partial charge in [0.2, 0.25) is 0 Å². The molecule has 2 rings (SSSR count). The maximum absolute atomic E-state index is 12.2. The van der Waals surface area contributed by atoms with Crippen molar-refractivity contribution in [1.29, 1.82) is 0 Å². The van der Waals surface area contributed by atoms with Crippen LogP contribution in [0.25, 0.3) is 0 Å². The Labute approximate surface area is 124 Å². The first-order chi connectivity index (χ1) is 10.1. The smallest absolute Gasteiger partial charge is 0.410 e. The van der Waals surface area contributed by atoms with Crippen molar-refractivity contribution in [1.82, 2.24) is 9.80 Å². The number of benzene rings is 1. The van der Waals surface area contributed by atoms with Crippen LogP contribution >= 0.6 is 0 Å². The SMILES string of the molecule is COC(=O)C1CN(C)CCN1C(=O)OCc1ccccc1. The summed E-state index contributed by atoms with van der Waals surface area (Å²) in [5.41, 5.74) is 0.912. The van der Waals surface area contributed by atoms with E-state index >= 15 is 0 Å². The van der Waals surface area contributed by atoms with Crippen LogP contribution in [0.1, 0.15) is 5.56 Å². The monoisotopic (exact) mass is 292 g/mol. The van der Waals surface area contributed by atoms with Gasteiger partial charge in [0.25, 0.3) is 0 Å². The summed E-state index contributed by atoms with van der Waals surface area (Å²) in [6, 6.07) is 8.83. The molecule has 1 aliphatic heterocycles. The van der Waals surface area contributed by atoms with E-state index in [1.807, 2.05) is 42.3 Å². The van der Waals surface area contributed by atoms with Crippen molar-refractivity contribution in [2.75, 3.05) is 33.8 Å². The number of hydrogen-bond acceptors (Lipinski definition) is 5. The van der Waals surface area contributed by atoms with Gasteiger partial charge in [0.15, 0.2) is 0 Å². The van der Waals surface area contributed by atoms with Crippen LogP contribution in [-0.2, 0) is 20.9 Å². The second-order valence-corrected chi connectivity index (χ2v) is 5.03. The predicted molar refractivity (Wildman–Crippen MR) is 76.6 cm³/mol. The zero-order valence-electron chi connectivity index (χ0n) is 12.3. The van der Waals surface area contributed by atoms with Crippen LogP contribution in [0.5, 0.6) is 0 Å². The molecule has 0 spiro atoms. The number of piperazine rings is 1. The Morgan fingerprint density at radius 3 is 2.62 bits per heavy atom. The topological polar surface area (TPSA) is 59.1 Å². The minimum atomic E-state index is -0.614. The quantitative estimate of drug-likeness (QED) is 0.781. The van der Waals surface area contributed by atoms with Crippen LogP contribution in [0, 0.1) is 0 Å². The molecule has 0 aliphatic carbocycles. The van der Waals surface area contributed by atoms with E-state index in [2.05, 4.69) is 0 Å². The fraction of sp³-hybridized carbons (Fsp3) is 0.467. The number of carbonyl (C=O) groups excluding carboxylic acids is 2. The molecule has 1 aromatic rings. The first-order valence-electron chi connectivity index (χ1n) is 6.85. The van der Waals surface area contributed by atoms with Gasteiger partial charge in [0.1, 0.15) is 12.6 Å². The van der Waals surface area contributed by atoms with Crippen LogP contribution in [0.4, 0.5) is 4.79 Å². The number of rotatable bonds is 3. The van der Waals surface area contributed by atoms with Crippen molar-refractivity contribution >= 4 is 12.1 Å². The molecule has 0 radical (unpaired) electrons. The lowest BCUT2D eigenvalue weighted by atomic mass is 10.2. The van der Waals surface area contributed by atoms with Crippen molar-refractivity contribution in [3.8, 4) is 0 Å². The molecule has 0 saturated carbocycles. The van der Waals surface area contributed by atoms with Gasteiger partial charge in [-0.3, -0.25) is 4.90 Å². The van der Waals surface area contributed by atoms with Gasteiger partial charge in [-0.25, -0.2) is 9.59 Å². The second kappa shape index (κ2) is 7.08. The fourth-order valence-corrected chi connectivity index (χ4v) is 2.28. The standard InChI is InChI=1S/C15H20N2O4/c1-16-8-9-17(13(10-16)14(18)20-2)15(19)21-11-12-6-4-3-5-7-12/h3-7,13H,8-11H2,1-2H3. The number of nitrogens with zero attached hydrogens (tertiary/aromatic N) is 2. The highest BCUT2D eigenvalue weighted by Crippen LogP contribution is 2.13. The van der Waals surface area contributed by atoms with Gasteiger partial charge >= 0.3 is 12.1 Å². The molecule has 1 amide bonds. The van der Waals surface area contributed by atoms with Gasteiger partial charge in [0.05, 0.1) is 7.11 Å². The van der Waals surface area contributed by atoms with Gasteiger partial charge < -0.3 is 14.4 Å². The van der Waals surface area contributed by atoms with Gasteiger partial charge in [-0.1, -0.05) is 30.3 Å². The molecule has 1 heterocycles. The number of amides is 1. The van der Waals surface area contributed by atoms with Crippen LogP contribution in [0.3, 0.4) is 0 Å². The molecule has 0 N–H and O–H groups in total. The molecule has 0 bridgehead atoms. The summed E-state index contributed by atoms with van der Waals surface area (Å²) in [5.74, 6) is -0.418. The van der Waals surface area contributed by atoms with E-state index in [1.54, 1.807) is 0 Å². The van der Waals surface area contributed by atoms with Crippen molar-refractivity contribution in [2.24, 2.45) is 0 Å². The Kier molecular flexibility index (Phi) is 5.16. The summed E-state index contributed by atoms with van der Waals surface area (Å²) in [5, 5.41) is 0. The largest absolute Gasteiger partial charge is 0.467 e. The number of carbonyl (C=O) groups is 2. The minimum Gasteiger partial charge on any atom is -0.467 e. The van der Waals surface area contributed by atoms with E-state index in [0.29, 0.717) is 19.6 Å². The predicted octanol–water partition coefficient (Wildman–Crippen LogP) is 1.11. The Bertz CT molecular complexity index is 492. The van der Waals surface area contributed by atoms with Gasteiger partial charge in [-0.15, -0.1) is 0 Å². The molecule has 1 atom stereocenters. The third-order valence-corrected chi connectivity index (χ3v) is 3.50. The third kappa shape index (κ3) is 3.95. The maximum atomic E-state index is 12.2. The summed E-state index contributed by atoms with van der Waals surface area (Å²) >= 11 is 0. The number of esters is 1. The van der Waals surface area contributed by atoms with Crippen LogP contribution in [0.15, 0.2) is 30.3 Å². The van der Waals surface area contributed by atoms with E-state index in [0.717, 1.165) is 5.56 Å². The number of ether oxygens (including phenoxy) is 2. The maximum Gasteiger partial charge on any atom is 0.410 e. The van der Waals surface area contributed by atoms with Crippen LogP contribution < -0.4 is 0 Å². The lowest BCUT2D eigenvalue weighted by Crippen LogP contribution is -2.57. The summed E-state index contributed by atoms with van der Waals surface area (Å²) < 4.78 is 10.1. The highest BCUT2D eigenvalue weighted by atomic mass is 16.6. The molecule has 1 saturated heterocycles.